The molecule has 0 amide bonds. The molecule has 1 aliphatic rings. The van der Waals surface area contributed by atoms with Crippen molar-refractivity contribution in [3.05, 3.63) is 11.1 Å². The Labute approximate surface area is 51.8 Å². The first-order valence-electron chi connectivity index (χ1n) is 1.47. The third-order valence-corrected chi connectivity index (χ3v) is 14.8. The summed E-state index contributed by atoms with van der Waals surface area (Å²) in [7, 11) is 1.04. The topological polar surface area (TPSA) is 0 Å². The minimum absolute atomic E-state index is 0.932. The zero-order chi connectivity index (χ0) is 4.24. The van der Waals surface area contributed by atoms with Crippen molar-refractivity contribution < 1.29 is 0 Å². The molecular formula is C3H3Se3. The van der Waals surface area contributed by atoms with E-state index < -0.39 is 0 Å². The SMILES string of the molecule is C1=C[Se]=[Se][Se]=C1. The van der Waals surface area contributed by atoms with Crippen molar-refractivity contribution in [3.63, 3.8) is 0 Å². The van der Waals surface area contributed by atoms with Gasteiger partial charge in [-0.15, -0.1) is 0 Å². The Bertz CT molecular complexity index is 75.4. The van der Waals surface area contributed by atoms with E-state index in [0.29, 0.717) is 0 Å². The van der Waals surface area contributed by atoms with Crippen LogP contribution in [0.2, 0.25) is 0 Å². The maximum atomic E-state index is 2.32. The van der Waals surface area contributed by atoms with Crippen LogP contribution in [0.4, 0.5) is 0 Å². The molecule has 0 aromatic rings. The molecule has 1 aliphatic heterocycles. The zero-order valence-electron chi connectivity index (χ0n) is 2.96. The summed E-state index contributed by atoms with van der Waals surface area (Å²) in [5.41, 5.74) is 0. The number of rotatable bonds is 0. The van der Waals surface area contributed by atoms with Crippen LogP contribution in [0, 0.1) is 0 Å². The Balaban J connectivity index is 2.77. The van der Waals surface area contributed by atoms with E-state index in [4.69, 9.17) is 0 Å². The van der Waals surface area contributed by atoms with Crippen molar-refractivity contribution in [2.45, 2.75) is 0 Å². The van der Waals surface area contributed by atoms with E-state index in [-0.39, 0.29) is 0 Å². The fourth-order valence-corrected chi connectivity index (χ4v) is 12.1. The van der Waals surface area contributed by atoms with Crippen molar-refractivity contribution in [2.24, 2.45) is 0 Å². The van der Waals surface area contributed by atoms with E-state index in [2.05, 4.69) is 16.0 Å². The fourth-order valence-electron chi connectivity index (χ4n) is 0.164. The van der Waals surface area contributed by atoms with Crippen LogP contribution < -0.4 is 0 Å². The van der Waals surface area contributed by atoms with Crippen LogP contribution in [-0.2, 0) is 0 Å². The van der Waals surface area contributed by atoms with Crippen LogP contribution in [0.25, 0.3) is 0 Å². The molecule has 0 aliphatic carbocycles. The molecule has 0 bridgehead atoms. The van der Waals surface area contributed by atoms with Gasteiger partial charge in [0.05, 0.1) is 0 Å². The van der Waals surface area contributed by atoms with Gasteiger partial charge < -0.3 is 0 Å². The molecule has 1 heterocycles. The number of hydrogen-bond donors (Lipinski definition) is 0. The molecule has 0 nitrogen and oxygen atoms in total. The predicted molar refractivity (Wildman–Crippen MR) is 32.5 cm³/mol. The van der Waals surface area contributed by atoms with Gasteiger partial charge in [-0.25, -0.2) is 0 Å². The van der Waals surface area contributed by atoms with E-state index in [1.54, 1.807) is 0 Å². The second-order valence-corrected chi connectivity index (χ2v) is 16.3. The van der Waals surface area contributed by atoms with Crippen LogP contribution in [0.3, 0.4) is 0 Å². The van der Waals surface area contributed by atoms with E-state index in [0.717, 1.165) is 36.1 Å². The first-order chi connectivity index (χ1) is 3.00. The summed E-state index contributed by atoms with van der Waals surface area (Å²) in [6, 6.07) is 0. The number of hydrogen-bond acceptors (Lipinski definition) is 0. The monoisotopic (exact) mass is 279 g/mol. The van der Waals surface area contributed by atoms with Crippen molar-refractivity contribution >= 4 is 41.0 Å². The average Bonchev–Trinajstić information content (AvgIpc) is 1.72. The van der Waals surface area contributed by atoms with Gasteiger partial charge in [0, 0.05) is 0 Å². The van der Waals surface area contributed by atoms with Gasteiger partial charge in [0.25, 0.3) is 0 Å². The molecule has 3 heteroatoms. The molecule has 0 fully saturated rings. The predicted octanol–water partition coefficient (Wildman–Crippen LogP) is -0.742. The van der Waals surface area contributed by atoms with Crippen molar-refractivity contribution in [1.82, 2.24) is 0 Å². The third-order valence-electron chi connectivity index (χ3n) is 0.347. The molecule has 0 saturated heterocycles. The van der Waals surface area contributed by atoms with E-state index in [9.17, 15) is 0 Å². The quantitative estimate of drug-likeness (QED) is 0.511. The molecule has 3 radical (unpaired) electrons. The summed E-state index contributed by atoms with van der Waals surface area (Å²) in [5, 5.41) is 0. The normalized spacial score (nSPS) is 16.0. The van der Waals surface area contributed by atoms with Gasteiger partial charge in [-0.1, -0.05) is 0 Å². The van der Waals surface area contributed by atoms with Gasteiger partial charge in [0.2, 0.25) is 0 Å². The Morgan fingerprint density at radius 1 is 1.33 bits per heavy atom. The van der Waals surface area contributed by atoms with Gasteiger partial charge in [-0.2, -0.15) is 0 Å². The summed E-state index contributed by atoms with van der Waals surface area (Å²) in [6.45, 7) is 0. The van der Waals surface area contributed by atoms with Gasteiger partial charge in [0.1, 0.15) is 0 Å². The summed E-state index contributed by atoms with van der Waals surface area (Å²) < 4.78 is 0. The van der Waals surface area contributed by atoms with Crippen LogP contribution >= 0.6 is 0 Å². The Hall–Kier alpha value is 1.17. The first kappa shape index (κ1) is 5.31. The average molecular weight is 276 g/mol. The minimum atomic E-state index is 0.932. The summed E-state index contributed by atoms with van der Waals surface area (Å²) in [4.78, 5) is 4.64. The van der Waals surface area contributed by atoms with Gasteiger partial charge in [0.15, 0.2) is 0 Å². The molecule has 0 N–H and O–H groups in total. The standard InChI is InChI=1S/C3H3Se3/c1-2-4-6-5-3-1/h1-3H. The number of allylic oxidation sites excluding steroid dienone is 1. The molecule has 6 heavy (non-hydrogen) atoms. The second kappa shape index (κ2) is 3.21. The molecule has 0 aromatic carbocycles. The van der Waals surface area contributed by atoms with Crippen LogP contribution in [-0.4, -0.2) is 41.0 Å². The molecule has 0 atom stereocenters. The van der Waals surface area contributed by atoms with Gasteiger partial charge in [-0.3, -0.25) is 0 Å². The molecule has 0 saturated carbocycles. The summed E-state index contributed by atoms with van der Waals surface area (Å²) >= 11 is 1.86. The molecule has 1 rings (SSSR count). The third kappa shape index (κ3) is 1.75. The molecule has 0 spiro atoms. The summed E-state index contributed by atoms with van der Waals surface area (Å²) in [5.74, 6) is 0. The Morgan fingerprint density at radius 3 is 2.50 bits per heavy atom. The van der Waals surface area contributed by atoms with E-state index >= 15 is 0 Å². The van der Waals surface area contributed by atoms with Crippen molar-refractivity contribution in [2.75, 3.05) is 0 Å². The summed E-state index contributed by atoms with van der Waals surface area (Å²) in [6.07, 6.45) is 2.21. The second-order valence-electron chi connectivity index (χ2n) is 0.725. The Morgan fingerprint density at radius 2 is 2.33 bits per heavy atom. The zero-order valence-corrected chi connectivity index (χ0v) is 8.10. The first-order valence-corrected chi connectivity index (χ1v) is 12.1. The molecule has 0 aromatic heterocycles. The van der Waals surface area contributed by atoms with Crippen LogP contribution in [0.1, 0.15) is 0 Å². The van der Waals surface area contributed by atoms with Crippen molar-refractivity contribution in [3.8, 4) is 0 Å². The van der Waals surface area contributed by atoms with Crippen LogP contribution in [0.15, 0.2) is 11.1 Å². The molecule has 0 unspecified atom stereocenters. The van der Waals surface area contributed by atoms with Gasteiger partial charge >= 0.3 is 52.0 Å². The fraction of sp³-hybridized carbons (Fsp3) is 0. The van der Waals surface area contributed by atoms with E-state index in [1.165, 1.54) is 0 Å². The molecular weight excluding hydrogens is 273 g/mol. The Kier molecular flexibility index (Phi) is 2.84. The maximum absolute atomic E-state index is 2.32. The van der Waals surface area contributed by atoms with E-state index in [1.807, 2.05) is 0 Å². The van der Waals surface area contributed by atoms with Crippen molar-refractivity contribution in [1.29, 1.82) is 0 Å². The van der Waals surface area contributed by atoms with Crippen LogP contribution in [0.5, 0.6) is 0 Å². The molecule has 33 valence electrons. The van der Waals surface area contributed by atoms with Gasteiger partial charge in [-0.05, 0) is 0 Å².